The van der Waals surface area contributed by atoms with Crippen molar-refractivity contribution >= 4 is 5.96 Å². The van der Waals surface area contributed by atoms with E-state index in [0.29, 0.717) is 0 Å². The van der Waals surface area contributed by atoms with Crippen molar-refractivity contribution in [1.82, 2.24) is 15.1 Å². The standard InChI is InChI=1S/C11H26N6/c1-4-6-8-16-9(12)15-11(14-3)17(7-5-2)10(16)13/h9-10H,4-8,12-13H2,1-3H3,(H,14,15). The zero-order valence-electron chi connectivity index (χ0n) is 11.2. The molecule has 0 amide bonds. The Morgan fingerprint density at radius 3 is 2.47 bits per heavy atom. The van der Waals surface area contributed by atoms with E-state index in [2.05, 4.69) is 29.1 Å². The molecule has 0 aromatic heterocycles. The third-order valence-corrected chi connectivity index (χ3v) is 2.98. The third kappa shape index (κ3) is 3.31. The highest BCUT2D eigenvalue weighted by Crippen LogP contribution is 2.13. The molecule has 17 heavy (non-hydrogen) atoms. The van der Waals surface area contributed by atoms with Gasteiger partial charge in [0.05, 0.1) is 0 Å². The number of nitrogens with one attached hydrogen (secondary N) is 1. The van der Waals surface area contributed by atoms with Crippen molar-refractivity contribution in [3.05, 3.63) is 0 Å². The summed E-state index contributed by atoms with van der Waals surface area (Å²) in [6, 6.07) is 0. The quantitative estimate of drug-likeness (QED) is 0.626. The van der Waals surface area contributed by atoms with Crippen molar-refractivity contribution in [2.75, 3.05) is 20.1 Å². The summed E-state index contributed by atoms with van der Waals surface area (Å²) < 4.78 is 0. The first kappa shape index (κ1) is 14.2. The van der Waals surface area contributed by atoms with E-state index in [0.717, 1.165) is 38.3 Å². The monoisotopic (exact) mass is 242 g/mol. The fraction of sp³-hybridized carbons (Fsp3) is 0.909. The van der Waals surface area contributed by atoms with Crippen LogP contribution in [0.4, 0.5) is 0 Å². The molecular formula is C11H26N6. The predicted octanol–water partition coefficient (Wildman–Crippen LogP) is -0.126. The highest BCUT2D eigenvalue weighted by atomic mass is 15.6. The maximum Gasteiger partial charge on any atom is 0.198 e. The molecule has 0 aliphatic carbocycles. The van der Waals surface area contributed by atoms with Gasteiger partial charge in [-0.3, -0.25) is 11.5 Å². The summed E-state index contributed by atoms with van der Waals surface area (Å²) in [4.78, 5) is 8.55. The van der Waals surface area contributed by atoms with Crippen LogP contribution in [-0.4, -0.2) is 48.5 Å². The Morgan fingerprint density at radius 1 is 1.24 bits per heavy atom. The SMILES string of the molecule is CCCCN1C(N)N=C(NC)N(CCC)C1N. The number of rotatable bonds is 5. The first-order chi connectivity index (χ1) is 8.15. The third-order valence-electron chi connectivity index (χ3n) is 2.98. The van der Waals surface area contributed by atoms with E-state index in [1.807, 2.05) is 11.9 Å². The molecule has 0 fully saturated rings. The maximum absolute atomic E-state index is 6.26. The largest absolute Gasteiger partial charge is 0.359 e. The average molecular weight is 242 g/mol. The Balaban J connectivity index is 2.79. The number of nitrogens with two attached hydrogens (primary N) is 2. The number of hydrogen-bond donors (Lipinski definition) is 3. The molecule has 2 unspecified atom stereocenters. The van der Waals surface area contributed by atoms with E-state index < -0.39 is 0 Å². The Labute approximate surface area is 104 Å². The normalized spacial score (nSPS) is 25.9. The van der Waals surface area contributed by atoms with Crippen LogP contribution in [-0.2, 0) is 0 Å². The summed E-state index contributed by atoms with van der Waals surface area (Å²) in [6.45, 7) is 6.06. The molecule has 5 N–H and O–H groups in total. The second-order valence-electron chi connectivity index (χ2n) is 4.31. The molecule has 0 aromatic carbocycles. The van der Waals surface area contributed by atoms with Gasteiger partial charge in [-0.05, 0) is 12.8 Å². The average Bonchev–Trinajstić information content (AvgIpc) is 2.32. The second-order valence-corrected chi connectivity index (χ2v) is 4.31. The van der Waals surface area contributed by atoms with E-state index in [1.54, 1.807) is 0 Å². The highest BCUT2D eigenvalue weighted by Gasteiger charge is 2.31. The Hall–Kier alpha value is -0.850. The van der Waals surface area contributed by atoms with Gasteiger partial charge in [-0.1, -0.05) is 20.3 Å². The highest BCUT2D eigenvalue weighted by molar-refractivity contribution is 5.80. The van der Waals surface area contributed by atoms with Crippen LogP contribution in [0.2, 0.25) is 0 Å². The summed E-state index contributed by atoms with van der Waals surface area (Å²) in [5.41, 5.74) is 12.3. The van der Waals surface area contributed by atoms with Crippen LogP contribution in [0.3, 0.4) is 0 Å². The zero-order valence-corrected chi connectivity index (χ0v) is 11.2. The van der Waals surface area contributed by atoms with Gasteiger partial charge in [0.2, 0.25) is 0 Å². The number of nitrogens with zero attached hydrogens (tertiary/aromatic N) is 3. The lowest BCUT2D eigenvalue weighted by Crippen LogP contribution is -2.66. The second kappa shape index (κ2) is 6.78. The molecule has 1 aliphatic heterocycles. The smallest absolute Gasteiger partial charge is 0.198 e. The minimum Gasteiger partial charge on any atom is -0.359 e. The first-order valence-corrected chi connectivity index (χ1v) is 6.44. The molecule has 0 aromatic rings. The van der Waals surface area contributed by atoms with Crippen LogP contribution >= 0.6 is 0 Å². The van der Waals surface area contributed by atoms with Gasteiger partial charge in [0.1, 0.15) is 6.29 Å². The van der Waals surface area contributed by atoms with Crippen LogP contribution in [0.5, 0.6) is 0 Å². The summed E-state index contributed by atoms with van der Waals surface area (Å²) in [6.07, 6.45) is 2.73. The molecule has 0 spiro atoms. The van der Waals surface area contributed by atoms with E-state index in [1.165, 1.54) is 0 Å². The maximum atomic E-state index is 6.26. The van der Waals surface area contributed by atoms with E-state index in [-0.39, 0.29) is 12.6 Å². The Bertz CT molecular complexity index is 254. The van der Waals surface area contributed by atoms with Crippen molar-refractivity contribution in [2.24, 2.45) is 16.5 Å². The van der Waals surface area contributed by atoms with E-state index in [9.17, 15) is 0 Å². The molecule has 100 valence electrons. The molecule has 6 heteroatoms. The minimum atomic E-state index is -0.341. The van der Waals surface area contributed by atoms with Crippen LogP contribution in [0.1, 0.15) is 33.1 Å². The summed E-state index contributed by atoms with van der Waals surface area (Å²) >= 11 is 0. The first-order valence-electron chi connectivity index (χ1n) is 6.44. The van der Waals surface area contributed by atoms with Crippen molar-refractivity contribution in [2.45, 2.75) is 45.7 Å². The molecule has 1 aliphatic rings. The van der Waals surface area contributed by atoms with Gasteiger partial charge in [0.15, 0.2) is 12.2 Å². The van der Waals surface area contributed by atoms with Crippen LogP contribution in [0.15, 0.2) is 4.99 Å². The Kier molecular flexibility index (Phi) is 5.67. The van der Waals surface area contributed by atoms with Gasteiger partial charge in [0.25, 0.3) is 0 Å². The fourth-order valence-corrected chi connectivity index (χ4v) is 2.03. The van der Waals surface area contributed by atoms with E-state index >= 15 is 0 Å². The fourth-order valence-electron chi connectivity index (χ4n) is 2.03. The molecular weight excluding hydrogens is 216 g/mol. The summed E-state index contributed by atoms with van der Waals surface area (Å²) in [7, 11) is 1.85. The van der Waals surface area contributed by atoms with Gasteiger partial charge in [-0.15, -0.1) is 0 Å². The van der Waals surface area contributed by atoms with Crippen LogP contribution in [0, 0.1) is 0 Å². The summed E-state index contributed by atoms with van der Waals surface area (Å²) in [5, 5.41) is 3.07. The van der Waals surface area contributed by atoms with Crippen LogP contribution in [0.25, 0.3) is 0 Å². The molecule has 6 nitrogen and oxygen atoms in total. The van der Waals surface area contributed by atoms with Gasteiger partial charge in [-0.2, -0.15) is 0 Å². The predicted molar refractivity (Wildman–Crippen MR) is 71.1 cm³/mol. The number of aliphatic imine (C=N–C) groups is 1. The van der Waals surface area contributed by atoms with Crippen molar-refractivity contribution in [3.63, 3.8) is 0 Å². The molecule has 1 rings (SSSR count). The number of hydrogen-bond acceptors (Lipinski definition) is 6. The summed E-state index contributed by atoms with van der Waals surface area (Å²) in [5.74, 6) is 0.791. The van der Waals surface area contributed by atoms with Gasteiger partial charge < -0.3 is 10.2 Å². The lowest BCUT2D eigenvalue weighted by atomic mass is 10.3. The lowest BCUT2D eigenvalue weighted by molar-refractivity contribution is 0.0379. The molecule has 0 bridgehead atoms. The molecule has 1 heterocycles. The number of unbranched alkanes of at least 4 members (excludes halogenated alkanes) is 1. The topological polar surface area (TPSA) is 82.9 Å². The van der Waals surface area contributed by atoms with Gasteiger partial charge in [-0.25, -0.2) is 9.89 Å². The van der Waals surface area contributed by atoms with Gasteiger partial charge >= 0.3 is 0 Å². The molecule has 0 saturated carbocycles. The minimum absolute atomic E-state index is 0.184. The van der Waals surface area contributed by atoms with Crippen molar-refractivity contribution in [1.29, 1.82) is 0 Å². The number of guanidine groups is 1. The van der Waals surface area contributed by atoms with Crippen molar-refractivity contribution < 1.29 is 0 Å². The molecule has 2 atom stereocenters. The van der Waals surface area contributed by atoms with Crippen molar-refractivity contribution in [3.8, 4) is 0 Å². The Morgan fingerprint density at radius 2 is 1.94 bits per heavy atom. The van der Waals surface area contributed by atoms with Crippen LogP contribution < -0.4 is 16.8 Å². The zero-order chi connectivity index (χ0) is 12.8. The van der Waals surface area contributed by atoms with Gasteiger partial charge in [0, 0.05) is 20.1 Å². The molecule has 0 radical (unpaired) electrons. The molecule has 0 saturated heterocycles. The van der Waals surface area contributed by atoms with E-state index in [4.69, 9.17) is 11.5 Å². The lowest BCUT2D eigenvalue weighted by Gasteiger charge is -2.44.